The Morgan fingerprint density at radius 2 is 1.77 bits per heavy atom. The van der Waals surface area contributed by atoms with E-state index in [4.69, 9.17) is 27.9 Å². The maximum absolute atomic E-state index is 12.8. The standard InChI is InChI=1S/C22H25Cl2N3O3/c1-15-7-8-18(24)20(13-15)30-16(2)22(29)27-11-9-26(10-12-27)14-21(28)25-19-6-4-3-5-17(19)23/h3-8,13,16H,9-12,14H2,1-2H3,(H,25,28). The Hall–Kier alpha value is -2.28. The summed E-state index contributed by atoms with van der Waals surface area (Å²) in [7, 11) is 0. The highest BCUT2D eigenvalue weighted by molar-refractivity contribution is 6.33. The Morgan fingerprint density at radius 1 is 1.07 bits per heavy atom. The summed E-state index contributed by atoms with van der Waals surface area (Å²) in [6, 6.07) is 12.6. The Kier molecular flexibility index (Phi) is 7.58. The molecule has 1 aliphatic rings. The van der Waals surface area contributed by atoms with Crippen LogP contribution < -0.4 is 10.1 Å². The lowest BCUT2D eigenvalue weighted by atomic mass is 10.2. The average molecular weight is 450 g/mol. The molecule has 2 aromatic rings. The number of carbonyl (C=O) groups is 2. The van der Waals surface area contributed by atoms with E-state index < -0.39 is 6.10 Å². The number of para-hydroxylation sites is 1. The minimum absolute atomic E-state index is 0.0901. The quantitative estimate of drug-likeness (QED) is 0.727. The second-order valence-electron chi connectivity index (χ2n) is 7.32. The molecule has 1 fully saturated rings. The summed E-state index contributed by atoms with van der Waals surface area (Å²) in [4.78, 5) is 28.8. The molecular weight excluding hydrogens is 425 g/mol. The molecule has 6 nitrogen and oxygen atoms in total. The number of amides is 2. The van der Waals surface area contributed by atoms with Crippen LogP contribution in [0.5, 0.6) is 5.75 Å². The van der Waals surface area contributed by atoms with Crippen molar-refractivity contribution in [1.82, 2.24) is 9.80 Å². The Bertz CT molecular complexity index is 914. The van der Waals surface area contributed by atoms with E-state index >= 15 is 0 Å². The fraction of sp³-hybridized carbons (Fsp3) is 0.364. The van der Waals surface area contributed by atoms with Gasteiger partial charge in [-0.25, -0.2) is 0 Å². The van der Waals surface area contributed by atoms with Crippen molar-refractivity contribution in [2.75, 3.05) is 38.0 Å². The van der Waals surface area contributed by atoms with E-state index in [0.29, 0.717) is 47.7 Å². The van der Waals surface area contributed by atoms with Crippen LogP contribution in [0.25, 0.3) is 0 Å². The van der Waals surface area contributed by atoms with Crippen LogP contribution in [-0.4, -0.2) is 60.4 Å². The molecule has 0 spiro atoms. The van der Waals surface area contributed by atoms with E-state index in [1.807, 2.05) is 36.1 Å². The molecule has 2 aromatic carbocycles. The lowest BCUT2D eigenvalue weighted by Gasteiger charge is -2.35. The molecule has 0 bridgehead atoms. The smallest absolute Gasteiger partial charge is 0.263 e. The predicted octanol–water partition coefficient (Wildman–Crippen LogP) is 3.85. The second-order valence-corrected chi connectivity index (χ2v) is 8.14. The molecular formula is C22H25Cl2N3O3. The van der Waals surface area contributed by atoms with E-state index in [9.17, 15) is 9.59 Å². The number of ether oxygens (including phenoxy) is 1. The average Bonchev–Trinajstić information content (AvgIpc) is 2.72. The summed E-state index contributed by atoms with van der Waals surface area (Å²) in [6.07, 6.45) is -0.639. The molecule has 8 heteroatoms. The molecule has 0 radical (unpaired) electrons. The van der Waals surface area contributed by atoms with Gasteiger partial charge in [0.1, 0.15) is 5.75 Å². The fourth-order valence-corrected chi connectivity index (χ4v) is 3.63. The molecule has 1 heterocycles. The van der Waals surface area contributed by atoms with Crippen molar-refractivity contribution in [3.05, 3.63) is 58.1 Å². The number of anilines is 1. The number of aryl methyl sites for hydroxylation is 1. The monoisotopic (exact) mass is 449 g/mol. The number of nitrogens with one attached hydrogen (secondary N) is 1. The molecule has 2 amide bonds. The zero-order valence-corrected chi connectivity index (χ0v) is 18.5. The number of benzene rings is 2. The maximum Gasteiger partial charge on any atom is 0.263 e. The molecule has 160 valence electrons. The first-order chi connectivity index (χ1) is 14.3. The van der Waals surface area contributed by atoms with Gasteiger partial charge in [0, 0.05) is 26.2 Å². The highest BCUT2D eigenvalue weighted by atomic mass is 35.5. The first kappa shape index (κ1) is 22.4. The van der Waals surface area contributed by atoms with Gasteiger partial charge in [0.15, 0.2) is 6.10 Å². The largest absolute Gasteiger partial charge is 0.479 e. The van der Waals surface area contributed by atoms with Crippen LogP contribution in [0, 0.1) is 6.92 Å². The Labute approximate surface area is 186 Å². The van der Waals surface area contributed by atoms with Crippen LogP contribution in [0.15, 0.2) is 42.5 Å². The van der Waals surface area contributed by atoms with Crippen LogP contribution in [-0.2, 0) is 9.59 Å². The normalized spacial score (nSPS) is 15.5. The molecule has 0 aliphatic carbocycles. The number of halogens is 2. The summed E-state index contributed by atoms with van der Waals surface area (Å²) in [5.74, 6) is 0.286. The second kappa shape index (κ2) is 10.2. The first-order valence-corrected chi connectivity index (χ1v) is 10.6. The maximum atomic E-state index is 12.8. The lowest BCUT2D eigenvalue weighted by Crippen LogP contribution is -2.53. The third-order valence-electron chi connectivity index (χ3n) is 4.94. The van der Waals surface area contributed by atoms with Crippen LogP contribution in [0.2, 0.25) is 10.0 Å². The molecule has 1 atom stereocenters. The molecule has 0 saturated carbocycles. The summed E-state index contributed by atoms with van der Waals surface area (Å²) >= 11 is 12.2. The van der Waals surface area contributed by atoms with E-state index in [-0.39, 0.29) is 18.4 Å². The van der Waals surface area contributed by atoms with Crippen LogP contribution in [0.3, 0.4) is 0 Å². The van der Waals surface area contributed by atoms with E-state index in [1.54, 1.807) is 30.0 Å². The highest BCUT2D eigenvalue weighted by Crippen LogP contribution is 2.26. The summed E-state index contributed by atoms with van der Waals surface area (Å²) in [5, 5.41) is 3.81. The summed E-state index contributed by atoms with van der Waals surface area (Å²) in [5.41, 5.74) is 1.61. The van der Waals surface area contributed by atoms with Crippen molar-refractivity contribution in [3.63, 3.8) is 0 Å². The summed E-state index contributed by atoms with van der Waals surface area (Å²) in [6.45, 7) is 6.21. The van der Waals surface area contributed by atoms with Gasteiger partial charge in [-0.15, -0.1) is 0 Å². The van der Waals surface area contributed by atoms with Crippen LogP contribution in [0.1, 0.15) is 12.5 Å². The van der Waals surface area contributed by atoms with Crippen molar-refractivity contribution in [2.45, 2.75) is 20.0 Å². The Balaban J connectivity index is 1.47. The molecule has 0 aromatic heterocycles. The number of rotatable bonds is 6. The molecule has 30 heavy (non-hydrogen) atoms. The van der Waals surface area contributed by atoms with Crippen LogP contribution in [0.4, 0.5) is 5.69 Å². The van der Waals surface area contributed by atoms with Crippen molar-refractivity contribution < 1.29 is 14.3 Å². The zero-order valence-electron chi connectivity index (χ0n) is 17.0. The topological polar surface area (TPSA) is 61.9 Å². The number of carbonyl (C=O) groups excluding carboxylic acids is 2. The molecule has 1 unspecified atom stereocenters. The summed E-state index contributed by atoms with van der Waals surface area (Å²) < 4.78 is 5.80. The number of piperazine rings is 1. The number of hydrogen-bond acceptors (Lipinski definition) is 4. The van der Waals surface area contributed by atoms with Crippen LogP contribution >= 0.6 is 23.2 Å². The number of nitrogens with zero attached hydrogens (tertiary/aromatic N) is 2. The van der Waals surface area contributed by atoms with E-state index in [1.165, 1.54) is 0 Å². The van der Waals surface area contributed by atoms with E-state index in [0.717, 1.165) is 5.56 Å². The molecule has 1 aliphatic heterocycles. The zero-order chi connectivity index (χ0) is 21.7. The first-order valence-electron chi connectivity index (χ1n) is 9.82. The SMILES string of the molecule is Cc1ccc(Cl)c(OC(C)C(=O)N2CCN(CC(=O)Nc3ccccc3Cl)CC2)c1. The lowest BCUT2D eigenvalue weighted by molar-refractivity contribution is -0.139. The third-order valence-corrected chi connectivity index (χ3v) is 5.58. The number of hydrogen-bond donors (Lipinski definition) is 1. The van der Waals surface area contributed by atoms with Gasteiger partial charge >= 0.3 is 0 Å². The van der Waals surface area contributed by atoms with Gasteiger partial charge < -0.3 is 15.0 Å². The van der Waals surface area contributed by atoms with Crippen molar-refractivity contribution in [2.24, 2.45) is 0 Å². The minimum Gasteiger partial charge on any atom is -0.479 e. The van der Waals surface area contributed by atoms with Crippen molar-refractivity contribution in [3.8, 4) is 5.75 Å². The van der Waals surface area contributed by atoms with Crippen molar-refractivity contribution >= 4 is 40.7 Å². The minimum atomic E-state index is -0.639. The van der Waals surface area contributed by atoms with Gasteiger partial charge in [-0.3, -0.25) is 14.5 Å². The van der Waals surface area contributed by atoms with Gasteiger partial charge in [0.05, 0.1) is 22.3 Å². The van der Waals surface area contributed by atoms with Crippen molar-refractivity contribution in [1.29, 1.82) is 0 Å². The molecule has 1 N–H and O–H groups in total. The van der Waals surface area contributed by atoms with Gasteiger partial charge in [0.2, 0.25) is 5.91 Å². The van der Waals surface area contributed by atoms with E-state index in [2.05, 4.69) is 5.32 Å². The van der Waals surface area contributed by atoms with Gasteiger partial charge in [-0.1, -0.05) is 41.4 Å². The van der Waals surface area contributed by atoms with Gasteiger partial charge in [-0.05, 0) is 43.7 Å². The Morgan fingerprint density at radius 3 is 2.47 bits per heavy atom. The fourth-order valence-electron chi connectivity index (χ4n) is 3.28. The van der Waals surface area contributed by atoms with Gasteiger partial charge in [0.25, 0.3) is 5.91 Å². The molecule has 1 saturated heterocycles. The van der Waals surface area contributed by atoms with Gasteiger partial charge in [-0.2, -0.15) is 0 Å². The highest BCUT2D eigenvalue weighted by Gasteiger charge is 2.27. The molecule has 3 rings (SSSR count). The third kappa shape index (κ3) is 5.88. The predicted molar refractivity (Wildman–Crippen MR) is 119 cm³/mol.